The van der Waals surface area contributed by atoms with Gasteiger partial charge in [0.1, 0.15) is 18.3 Å². The zero-order valence-electron chi connectivity index (χ0n) is 23.2. The first-order valence-electron chi connectivity index (χ1n) is 12.8. The fourth-order valence-electron chi connectivity index (χ4n) is 3.99. The number of halogens is 3. The maximum atomic E-state index is 14.0. The minimum absolute atomic E-state index is 0.0103. The molecule has 0 saturated carbocycles. The summed E-state index contributed by atoms with van der Waals surface area (Å²) in [5.41, 5.74) is 1.56. The third-order valence-corrected chi connectivity index (χ3v) is 9.05. The van der Waals surface area contributed by atoms with Gasteiger partial charge in [-0.25, -0.2) is 8.42 Å². The maximum absolute atomic E-state index is 14.0. The van der Waals surface area contributed by atoms with Gasteiger partial charge in [-0.3, -0.25) is 13.9 Å². The number of rotatable bonds is 12. The van der Waals surface area contributed by atoms with Gasteiger partial charge >= 0.3 is 0 Å². The number of carbonyl (C=O) groups excluding carboxylic acids is 2. The molecule has 0 aliphatic heterocycles. The van der Waals surface area contributed by atoms with Gasteiger partial charge in [-0.05, 0) is 68.3 Å². The lowest BCUT2D eigenvalue weighted by atomic mass is 10.1. The first kappa shape index (κ1) is 32.5. The number of ether oxygens (including phenoxy) is 1. The van der Waals surface area contributed by atoms with Crippen molar-refractivity contribution in [2.24, 2.45) is 0 Å². The molecule has 1 unspecified atom stereocenters. The van der Waals surface area contributed by atoms with Crippen LogP contribution in [0.25, 0.3) is 0 Å². The molecule has 2 amide bonds. The summed E-state index contributed by atoms with van der Waals surface area (Å²) in [5, 5.41) is 3.68. The Bertz CT molecular complexity index is 1500. The number of methoxy groups -OCH3 is 1. The van der Waals surface area contributed by atoms with Crippen LogP contribution in [0, 0.1) is 6.92 Å². The number of nitrogens with one attached hydrogen (secondary N) is 1. The minimum atomic E-state index is -4.24. The number of hydrogen-bond donors (Lipinski definition) is 1. The van der Waals surface area contributed by atoms with Crippen LogP contribution in [0.3, 0.4) is 0 Å². The van der Waals surface area contributed by atoms with Crippen molar-refractivity contribution in [3.8, 4) is 5.75 Å². The molecule has 8 nitrogen and oxygen atoms in total. The highest BCUT2D eigenvalue weighted by molar-refractivity contribution is 7.92. The summed E-state index contributed by atoms with van der Waals surface area (Å²) in [6.07, 6.45) is 0.705. The monoisotopic (exact) mass is 639 g/mol. The molecule has 0 aromatic heterocycles. The molecule has 0 bridgehead atoms. The molecule has 3 aromatic rings. The highest BCUT2D eigenvalue weighted by atomic mass is 35.5. The SMILES string of the molecule is CCCNC(=O)C(C)N(Cc1ccc(Cl)cc1Cl)C(=O)CN(c1ccc(OC)c(Cl)c1)S(=O)(=O)c1ccc(C)cc1. The second-order valence-corrected chi connectivity index (χ2v) is 12.5. The van der Waals surface area contributed by atoms with Crippen LogP contribution in [0.4, 0.5) is 5.69 Å². The summed E-state index contributed by atoms with van der Waals surface area (Å²) in [6.45, 7) is 5.08. The van der Waals surface area contributed by atoms with Gasteiger partial charge in [-0.15, -0.1) is 0 Å². The van der Waals surface area contributed by atoms with E-state index < -0.39 is 28.5 Å². The predicted molar refractivity (Wildman–Crippen MR) is 163 cm³/mol. The summed E-state index contributed by atoms with van der Waals surface area (Å²) < 4.78 is 34.0. The molecule has 0 radical (unpaired) electrons. The van der Waals surface area contributed by atoms with Crippen LogP contribution in [-0.4, -0.2) is 51.4 Å². The number of carbonyl (C=O) groups is 2. The fourth-order valence-corrected chi connectivity index (χ4v) is 6.11. The Kier molecular flexibility index (Phi) is 11.3. The van der Waals surface area contributed by atoms with Crippen molar-refractivity contribution in [1.29, 1.82) is 0 Å². The van der Waals surface area contributed by atoms with E-state index >= 15 is 0 Å². The smallest absolute Gasteiger partial charge is 0.264 e. The molecular formula is C29H32Cl3N3O5S. The second kappa shape index (κ2) is 14.3. The van der Waals surface area contributed by atoms with Crippen LogP contribution in [0.15, 0.2) is 65.6 Å². The van der Waals surface area contributed by atoms with Crippen molar-refractivity contribution in [2.75, 3.05) is 24.5 Å². The van der Waals surface area contributed by atoms with Crippen LogP contribution in [-0.2, 0) is 26.2 Å². The van der Waals surface area contributed by atoms with Crippen molar-refractivity contribution < 1.29 is 22.7 Å². The number of amides is 2. The molecule has 0 aliphatic rings. The van der Waals surface area contributed by atoms with Gasteiger partial charge in [0.2, 0.25) is 11.8 Å². The van der Waals surface area contributed by atoms with Gasteiger partial charge in [0.25, 0.3) is 10.0 Å². The summed E-state index contributed by atoms with van der Waals surface area (Å²) >= 11 is 18.8. The number of nitrogens with zero attached hydrogens (tertiary/aromatic N) is 2. The topological polar surface area (TPSA) is 96.0 Å². The van der Waals surface area contributed by atoms with Crippen molar-refractivity contribution in [3.05, 3.63) is 86.9 Å². The van der Waals surface area contributed by atoms with Crippen LogP contribution in [0.2, 0.25) is 15.1 Å². The predicted octanol–water partition coefficient (Wildman–Crippen LogP) is 6.10. The lowest BCUT2D eigenvalue weighted by Crippen LogP contribution is -2.51. The van der Waals surface area contributed by atoms with E-state index in [4.69, 9.17) is 39.5 Å². The second-order valence-electron chi connectivity index (χ2n) is 9.37. The average molecular weight is 641 g/mol. The number of benzene rings is 3. The van der Waals surface area contributed by atoms with Crippen LogP contribution in [0.1, 0.15) is 31.4 Å². The average Bonchev–Trinajstić information content (AvgIpc) is 2.93. The fraction of sp³-hybridized carbons (Fsp3) is 0.310. The molecule has 3 aromatic carbocycles. The molecule has 41 heavy (non-hydrogen) atoms. The molecular weight excluding hydrogens is 609 g/mol. The minimum Gasteiger partial charge on any atom is -0.495 e. The Balaban J connectivity index is 2.08. The zero-order valence-corrected chi connectivity index (χ0v) is 26.2. The van der Waals surface area contributed by atoms with E-state index in [1.165, 1.54) is 48.4 Å². The number of hydrogen-bond acceptors (Lipinski definition) is 5. The Labute approximate surface area is 256 Å². The summed E-state index contributed by atoms with van der Waals surface area (Å²) in [6, 6.07) is 14.6. The number of sulfonamides is 1. The molecule has 0 heterocycles. The molecule has 0 fully saturated rings. The van der Waals surface area contributed by atoms with Gasteiger partial charge in [-0.2, -0.15) is 0 Å². The lowest BCUT2D eigenvalue weighted by Gasteiger charge is -2.32. The van der Waals surface area contributed by atoms with E-state index in [2.05, 4.69) is 5.32 Å². The van der Waals surface area contributed by atoms with Crippen molar-refractivity contribution in [3.63, 3.8) is 0 Å². The Morgan fingerprint density at radius 3 is 2.24 bits per heavy atom. The number of aryl methyl sites for hydroxylation is 1. The highest BCUT2D eigenvalue weighted by Gasteiger charge is 2.33. The molecule has 0 saturated heterocycles. The standard InChI is InChI=1S/C29H32Cl3N3O5S/c1-5-14-33-29(37)20(3)34(17-21-8-9-22(30)15-25(21)31)28(36)18-35(23-10-13-27(40-4)26(32)16-23)41(38,39)24-11-6-19(2)7-12-24/h6-13,15-16,20H,5,14,17-18H2,1-4H3,(H,33,37). The summed E-state index contributed by atoms with van der Waals surface area (Å²) in [7, 11) is -2.80. The largest absolute Gasteiger partial charge is 0.495 e. The van der Waals surface area contributed by atoms with E-state index in [1.54, 1.807) is 31.2 Å². The molecule has 0 aliphatic carbocycles. The zero-order chi connectivity index (χ0) is 30.3. The third-order valence-electron chi connectivity index (χ3n) is 6.38. The summed E-state index contributed by atoms with van der Waals surface area (Å²) in [4.78, 5) is 28.2. The maximum Gasteiger partial charge on any atom is 0.264 e. The van der Waals surface area contributed by atoms with Crippen LogP contribution >= 0.6 is 34.8 Å². The van der Waals surface area contributed by atoms with Gasteiger partial charge < -0.3 is 15.0 Å². The van der Waals surface area contributed by atoms with E-state index in [0.717, 1.165) is 9.87 Å². The van der Waals surface area contributed by atoms with Crippen LogP contribution in [0.5, 0.6) is 5.75 Å². The van der Waals surface area contributed by atoms with E-state index in [-0.39, 0.29) is 28.1 Å². The number of anilines is 1. The molecule has 1 N–H and O–H groups in total. The van der Waals surface area contributed by atoms with Gasteiger partial charge in [0, 0.05) is 23.1 Å². The van der Waals surface area contributed by atoms with Gasteiger partial charge in [-0.1, -0.05) is 65.5 Å². The van der Waals surface area contributed by atoms with Gasteiger partial charge in [0.05, 0.1) is 22.7 Å². The lowest BCUT2D eigenvalue weighted by molar-refractivity contribution is -0.139. The molecule has 12 heteroatoms. The quantitative estimate of drug-likeness (QED) is 0.258. The van der Waals surface area contributed by atoms with Crippen molar-refractivity contribution in [2.45, 2.75) is 44.7 Å². The van der Waals surface area contributed by atoms with E-state index in [0.29, 0.717) is 34.3 Å². The molecule has 3 rings (SSSR count). The molecule has 0 spiro atoms. The Morgan fingerprint density at radius 1 is 0.976 bits per heavy atom. The Morgan fingerprint density at radius 2 is 1.66 bits per heavy atom. The van der Waals surface area contributed by atoms with Crippen molar-refractivity contribution >= 4 is 62.3 Å². The van der Waals surface area contributed by atoms with Crippen LogP contribution < -0.4 is 14.4 Å². The van der Waals surface area contributed by atoms with E-state index in [9.17, 15) is 18.0 Å². The first-order chi connectivity index (χ1) is 19.4. The molecule has 220 valence electrons. The van der Waals surface area contributed by atoms with Gasteiger partial charge in [0.15, 0.2) is 0 Å². The molecule has 1 atom stereocenters. The highest BCUT2D eigenvalue weighted by Crippen LogP contribution is 2.32. The summed E-state index contributed by atoms with van der Waals surface area (Å²) in [5.74, 6) is -0.668. The van der Waals surface area contributed by atoms with Crippen molar-refractivity contribution in [1.82, 2.24) is 10.2 Å². The third kappa shape index (κ3) is 8.07. The van der Waals surface area contributed by atoms with E-state index in [1.807, 2.05) is 13.8 Å². The first-order valence-corrected chi connectivity index (χ1v) is 15.4. The normalized spacial score (nSPS) is 12.0. The Hall–Kier alpha value is -2.98.